The van der Waals surface area contributed by atoms with Gasteiger partial charge >= 0.3 is 0 Å². The number of aryl methyl sites for hydroxylation is 1. The first-order valence-corrected chi connectivity index (χ1v) is 10.1. The van der Waals surface area contributed by atoms with Crippen LogP contribution in [-0.2, 0) is 4.79 Å². The van der Waals surface area contributed by atoms with Gasteiger partial charge in [0.05, 0.1) is 17.3 Å². The molecular formula is C19H20N6OS. The molecule has 1 amide bonds. The van der Waals surface area contributed by atoms with Crippen LogP contribution >= 0.6 is 11.8 Å². The Bertz CT molecular complexity index is 1050. The summed E-state index contributed by atoms with van der Waals surface area (Å²) in [5.74, 6) is 0.691. The van der Waals surface area contributed by atoms with Crippen molar-refractivity contribution in [1.82, 2.24) is 24.9 Å². The lowest BCUT2D eigenvalue weighted by Gasteiger charge is -2.31. The predicted octanol–water partition coefficient (Wildman–Crippen LogP) is 3.02. The SMILES string of the molecule is Cc1nc2c3ccccc3nc(SCC(=O)NC3(C#N)CCCCC3)n2n1. The first-order valence-electron chi connectivity index (χ1n) is 9.07. The van der Waals surface area contributed by atoms with Gasteiger partial charge in [0.15, 0.2) is 10.8 Å². The molecule has 138 valence electrons. The molecule has 27 heavy (non-hydrogen) atoms. The summed E-state index contributed by atoms with van der Waals surface area (Å²) in [5, 5.41) is 18.5. The third-order valence-electron chi connectivity index (χ3n) is 4.89. The highest BCUT2D eigenvalue weighted by Crippen LogP contribution is 2.28. The van der Waals surface area contributed by atoms with Crippen LogP contribution in [0.3, 0.4) is 0 Å². The van der Waals surface area contributed by atoms with Gasteiger partial charge in [-0.3, -0.25) is 4.79 Å². The lowest BCUT2D eigenvalue weighted by molar-refractivity contribution is -0.120. The van der Waals surface area contributed by atoms with Gasteiger partial charge in [0.2, 0.25) is 5.91 Å². The smallest absolute Gasteiger partial charge is 0.231 e. The Kier molecular flexibility index (Phi) is 4.70. The molecule has 0 spiro atoms. The maximum absolute atomic E-state index is 12.5. The first kappa shape index (κ1) is 17.7. The summed E-state index contributed by atoms with van der Waals surface area (Å²) in [6.45, 7) is 1.84. The maximum Gasteiger partial charge on any atom is 0.231 e. The third-order valence-corrected chi connectivity index (χ3v) is 5.82. The van der Waals surface area contributed by atoms with Crippen LogP contribution in [0.2, 0.25) is 0 Å². The van der Waals surface area contributed by atoms with Gasteiger partial charge in [-0.2, -0.15) is 9.78 Å². The number of amides is 1. The van der Waals surface area contributed by atoms with Crippen molar-refractivity contribution >= 4 is 34.2 Å². The molecule has 1 aliphatic rings. The van der Waals surface area contributed by atoms with Crippen LogP contribution in [-0.4, -0.2) is 36.8 Å². The van der Waals surface area contributed by atoms with Gasteiger partial charge in [-0.05, 0) is 31.9 Å². The van der Waals surface area contributed by atoms with Crippen LogP contribution in [0.5, 0.6) is 0 Å². The number of thioether (sulfide) groups is 1. The number of carbonyl (C=O) groups excluding carboxylic acids is 1. The zero-order chi connectivity index (χ0) is 18.9. The summed E-state index contributed by atoms with van der Waals surface area (Å²) in [7, 11) is 0. The van der Waals surface area contributed by atoms with E-state index in [1.165, 1.54) is 11.8 Å². The number of nitrogens with zero attached hydrogens (tertiary/aromatic N) is 5. The molecule has 1 aliphatic carbocycles. The van der Waals surface area contributed by atoms with Gasteiger partial charge in [-0.1, -0.05) is 43.2 Å². The van der Waals surface area contributed by atoms with E-state index >= 15 is 0 Å². The summed E-state index contributed by atoms with van der Waals surface area (Å²) in [5.41, 5.74) is 0.842. The van der Waals surface area contributed by atoms with E-state index in [1.54, 1.807) is 4.52 Å². The van der Waals surface area contributed by atoms with E-state index in [-0.39, 0.29) is 11.7 Å². The molecule has 2 heterocycles. The summed E-state index contributed by atoms with van der Waals surface area (Å²) in [4.78, 5) is 21.7. The minimum Gasteiger partial charge on any atom is -0.337 e. The molecule has 0 bridgehead atoms. The van der Waals surface area contributed by atoms with Crippen molar-refractivity contribution in [2.45, 2.75) is 49.7 Å². The van der Waals surface area contributed by atoms with Crippen molar-refractivity contribution in [1.29, 1.82) is 5.26 Å². The number of benzene rings is 1. The minimum atomic E-state index is -0.716. The number of nitriles is 1. The van der Waals surface area contributed by atoms with E-state index in [9.17, 15) is 10.1 Å². The van der Waals surface area contributed by atoms with E-state index < -0.39 is 5.54 Å². The Labute approximate surface area is 161 Å². The highest BCUT2D eigenvalue weighted by molar-refractivity contribution is 7.99. The number of carbonyl (C=O) groups is 1. The normalized spacial score (nSPS) is 16.3. The number of nitrogens with one attached hydrogen (secondary N) is 1. The summed E-state index contributed by atoms with van der Waals surface area (Å²) in [6, 6.07) is 10.1. The van der Waals surface area contributed by atoms with E-state index in [1.807, 2.05) is 31.2 Å². The van der Waals surface area contributed by atoms with Crippen LogP contribution in [0.15, 0.2) is 29.4 Å². The van der Waals surface area contributed by atoms with Crippen molar-refractivity contribution in [3.05, 3.63) is 30.1 Å². The van der Waals surface area contributed by atoms with Crippen LogP contribution in [0.1, 0.15) is 37.9 Å². The molecule has 0 unspecified atom stereocenters. The number of fused-ring (bicyclic) bond motifs is 3. The van der Waals surface area contributed by atoms with Crippen LogP contribution in [0.4, 0.5) is 0 Å². The molecule has 1 fully saturated rings. The molecule has 1 saturated carbocycles. The maximum atomic E-state index is 12.5. The van der Waals surface area contributed by atoms with Gasteiger partial charge < -0.3 is 5.32 Å². The van der Waals surface area contributed by atoms with Crippen molar-refractivity contribution in [3.63, 3.8) is 0 Å². The van der Waals surface area contributed by atoms with Crippen molar-refractivity contribution in [2.24, 2.45) is 0 Å². The van der Waals surface area contributed by atoms with Gasteiger partial charge in [0.1, 0.15) is 11.4 Å². The van der Waals surface area contributed by atoms with Gasteiger partial charge in [-0.15, -0.1) is 5.10 Å². The average molecular weight is 380 g/mol. The third kappa shape index (κ3) is 3.47. The molecule has 0 atom stereocenters. The fourth-order valence-corrected chi connectivity index (χ4v) is 4.32. The molecule has 0 aliphatic heterocycles. The second-order valence-electron chi connectivity index (χ2n) is 6.90. The lowest BCUT2D eigenvalue weighted by Crippen LogP contribution is -2.49. The molecule has 1 aromatic carbocycles. The number of hydrogen-bond donors (Lipinski definition) is 1. The van der Waals surface area contributed by atoms with Crippen LogP contribution in [0.25, 0.3) is 16.6 Å². The second-order valence-corrected chi connectivity index (χ2v) is 7.84. The zero-order valence-electron chi connectivity index (χ0n) is 15.1. The number of hydrogen-bond acceptors (Lipinski definition) is 6. The lowest BCUT2D eigenvalue weighted by atomic mass is 9.83. The highest BCUT2D eigenvalue weighted by atomic mass is 32.2. The largest absolute Gasteiger partial charge is 0.337 e. The van der Waals surface area contributed by atoms with Gasteiger partial charge in [0, 0.05) is 5.39 Å². The second kappa shape index (κ2) is 7.16. The number of rotatable bonds is 4. The first-order chi connectivity index (χ1) is 13.1. The fraction of sp³-hybridized carbons (Fsp3) is 0.421. The van der Waals surface area contributed by atoms with Gasteiger partial charge in [0.25, 0.3) is 0 Å². The molecule has 3 aromatic rings. The van der Waals surface area contributed by atoms with Gasteiger partial charge in [-0.25, -0.2) is 9.97 Å². The zero-order valence-corrected chi connectivity index (χ0v) is 15.9. The molecule has 1 N–H and O–H groups in total. The Morgan fingerprint density at radius 2 is 2.07 bits per heavy atom. The summed E-state index contributed by atoms with van der Waals surface area (Å²) in [6.07, 6.45) is 4.53. The summed E-state index contributed by atoms with van der Waals surface area (Å²) < 4.78 is 1.69. The molecule has 2 aromatic heterocycles. The predicted molar refractivity (Wildman–Crippen MR) is 103 cm³/mol. The molecular weight excluding hydrogens is 360 g/mol. The van der Waals surface area contributed by atoms with Crippen molar-refractivity contribution < 1.29 is 4.79 Å². The topological polar surface area (TPSA) is 96.0 Å². The quantitative estimate of drug-likeness (QED) is 0.552. The highest BCUT2D eigenvalue weighted by Gasteiger charge is 2.33. The Hall–Kier alpha value is -2.66. The molecule has 8 heteroatoms. The Morgan fingerprint density at radius 3 is 2.85 bits per heavy atom. The number of para-hydroxylation sites is 1. The Morgan fingerprint density at radius 1 is 1.30 bits per heavy atom. The summed E-state index contributed by atoms with van der Waals surface area (Å²) >= 11 is 1.31. The van der Waals surface area contributed by atoms with Crippen molar-refractivity contribution in [2.75, 3.05) is 5.75 Å². The van der Waals surface area contributed by atoms with Crippen molar-refractivity contribution in [3.8, 4) is 6.07 Å². The average Bonchev–Trinajstić information content (AvgIpc) is 3.08. The van der Waals surface area contributed by atoms with Crippen LogP contribution < -0.4 is 5.32 Å². The van der Waals surface area contributed by atoms with E-state index in [0.717, 1.165) is 48.7 Å². The minimum absolute atomic E-state index is 0.150. The molecule has 0 saturated heterocycles. The number of aromatic nitrogens is 4. The van der Waals surface area contributed by atoms with E-state index in [2.05, 4.69) is 26.5 Å². The fourth-order valence-electron chi connectivity index (χ4n) is 3.58. The molecule has 0 radical (unpaired) electrons. The van der Waals surface area contributed by atoms with E-state index in [0.29, 0.717) is 11.0 Å². The van der Waals surface area contributed by atoms with Crippen LogP contribution in [0, 0.1) is 18.3 Å². The monoisotopic (exact) mass is 380 g/mol. The molecule has 7 nitrogen and oxygen atoms in total. The molecule has 4 rings (SSSR count). The van der Waals surface area contributed by atoms with E-state index in [4.69, 9.17) is 0 Å². The Balaban J connectivity index is 1.56. The standard InChI is InChI=1S/C19H20N6OS/c1-13-21-17-14-7-3-4-8-15(14)22-18(25(17)24-13)27-11-16(26)23-19(12-20)9-5-2-6-10-19/h3-4,7-8H,2,5-6,9-11H2,1H3,(H,23,26).